The molecule has 1 N–H and O–H groups in total. The Morgan fingerprint density at radius 3 is 2.38 bits per heavy atom. The zero-order valence-electron chi connectivity index (χ0n) is 18.0. The van der Waals surface area contributed by atoms with E-state index in [1.165, 1.54) is 26.0 Å². The van der Waals surface area contributed by atoms with Crippen molar-refractivity contribution >= 4 is 37.5 Å². The average Bonchev–Trinajstić information content (AvgIpc) is 2.80. The van der Waals surface area contributed by atoms with E-state index in [1.807, 2.05) is 24.3 Å². The van der Waals surface area contributed by atoms with E-state index in [9.17, 15) is 8.42 Å². The fourth-order valence-electron chi connectivity index (χ4n) is 3.67. The molecule has 0 saturated carbocycles. The Hall–Kier alpha value is -2.65. The van der Waals surface area contributed by atoms with Gasteiger partial charge in [-0.25, -0.2) is 8.42 Å². The highest BCUT2D eigenvalue weighted by Crippen LogP contribution is 2.30. The molecule has 0 bridgehead atoms. The van der Waals surface area contributed by atoms with Crippen LogP contribution in [0.1, 0.15) is 19.8 Å². The number of methoxy groups -OCH3 is 1. The Bertz CT molecular complexity index is 1180. The van der Waals surface area contributed by atoms with E-state index in [0.29, 0.717) is 10.2 Å². The molecule has 1 aliphatic rings. The van der Waals surface area contributed by atoms with Crippen LogP contribution in [-0.2, 0) is 10.0 Å². The second kappa shape index (κ2) is 9.46. The minimum absolute atomic E-state index is 0.0620. The summed E-state index contributed by atoms with van der Waals surface area (Å²) in [6, 6.07) is 15.8. The van der Waals surface area contributed by atoms with Gasteiger partial charge in [-0.05, 0) is 61.2 Å². The lowest BCUT2D eigenvalue weighted by atomic mass is 9.99. The fraction of sp³-hybridized carbons (Fsp3) is 0.304. The monoisotopic (exact) mass is 516 g/mol. The van der Waals surface area contributed by atoms with E-state index >= 15 is 0 Å². The third-order valence-electron chi connectivity index (χ3n) is 5.61. The zero-order chi connectivity index (χ0) is 22.7. The lowest BCUT2D eigenvalue weighted by Crippen LogP contribution is -2.33. The fourth-order valence-corrected chi connectivity index (χ4v) is 5.43. The molecule has 3 aromatic rings. The van der Waals surface area contributed by atoms with Crippen molar-refractivity contribution in [1.82, 2.24) is 10.2 Å². The molecule has 2 aromatic carbocycles. The molecular weight excluding hydrogens is 492 g/mol. The summed E-state index contributed by atoms with van der Waals surface area (Å²) >= 11 is 3.31. The van der Waals surface area contributed by atoms with Gasteiger partial charge in [0.25, 0.3) is 10.0 Å². The number of hydrogen-bond acceptors (Lipinski definition) is 6. The van der Waals surface area contributed by atoms with Crippen molar-refractivity contribution in [2.45, 2.75) is 24.7 Å². The molecule has 0 spiro atoms. The maximum Gasteiger partial charge on any atom is 0.265 e. The van der Waals surface area contributed by atoms with Gasteiger partial charge in [0.2, 0.25) is 0 Å². The van der Waals surface area contributed by atoms with Crippen LogP contribution in [0.5, 0.6) is 5.75 Å². The number of anilines is 2. The largest absolute Gasteiger partial charge is 0.495 e. The molecule has 0 amide bonds. The first-order valence-electron chi connectivity index (χ1n) is 10.4. The van der Waals surface area contributed by atoms with Gasteiger partial charge in [-0.15, -0.1) is 10.2 Å². The van der Waals surface area contributed by atoms with Crippen LogP contribution in [0.3, 0.4) is 0 Å². The standard InChI is InChI=1S/C23H25BrN4O3S/c1-16-11-13-28(14-12-16)23-10-8-20(25-26-23)17-3-6-19(7-4-17)27-32(29,30)22-15-18(24)5-9-21(22)31-2/h3-10,15-16,27H,11-14H2,1-2H3. The van der Waals surface area contributed by atoms with E-state index in [4.69, 9.17) is 4.74 Å². The van der Waals surface area contributed by atoms with Crippen LogP contribution in [0, 0.1) is 5.92 Å². The molecule has 0 unspecified atom stereocenters. The molecule has 9 heteroatoms. The third kappa shape index (κ3) is 5.05. The second-order valence-electron chi connectivity index (χ2n) is 7.92. The number of piperidine rings is 1. The van der Waals surface area contributed by atoms with Gasteiger partial charge in [-0.2, -0.15) is 0 Å². The summed E-state index contributed by atoms with van der Waals surface area (Å²) in [5.41, 5.74) is 2.05. The highest BCUT2D eigenvalue weighted by atomic mass is 79.9. The quantitative estimate of drug-likeness (QED) is 0.498. The van der Waals surface area contributed by atoms with Gasteiger partial charge in [-0.3, -0.25) is 4.72 Å². The van der Waals surface area contributed by atoms with Crippen molar-refractivity contribution < 1.29 is 13.2 Å². The highest BCUT2D eigenvalue weighted by molar-refractivity contribution is 9.10. The lowest BCUT2D eigenvalue weighted by molar-refractivity contribution is 0.403. The number of nitrogens with one attached hydrogen (secondary N) is 1. The number of ether oxygens (including phenoxy) is 1. The van der Waals surface area contributed by atoms with Gasteiger partial charge in [0.1, 0.15) is 10.6 Å². The van der Waals surface area contributed by atoms with Gasteiger partial charge in [-0.1, -0.05) is 35.0 Å². The smallest absolute Gasteiger partial charge is 0.265 e. The summed E-state index contributed by atoms with van der Waals surface area (Å²) in [6.45, 7) is 4.30. The summed E-state index contributed by atoms with van der Waals surface area (Å²) in [7, 11) is -2.38. The van der Waals surface area contributed by atoms with E-state index in [-0.39, 0.29) is 10.6 Å². The third-order valence-corrected chi connectivity index (χ3v) is 7.50. The molecule has 32 heavy (non-hydrogen) atoms. The molecule has 1 aromatic heterocycles. The Morgan fingerprint density at radius 1 is 1.03 bits per heavy atom. The van der Waals surface area contributed by atoms with Crippen molar-refractivity contribution in [2.24, 2.45) is 5.92 Å². The molecular formula is C23H25BrN4O3S. The van der Waals surface area contributed by atoms with Gasteiger partial charge < -0.3 is 9.64 Å². The zero-order valence-corrected chi connectivity index (χ0v) is 20.4. The van der Waals surface area contributed by atoms with Crippen LogP contribution < -0.4 is 14.4 Å². The SMILES string of the molecule is COc1ccc(Br)cc1S(=O)(=O)Nc1ccc(-c2ccc(N3CCC(C)CC3)nn2)cc1. The highest BCUT2D eigenvalue weighted by Gasteiger charge is 2.20. The Balaban J connectivity index is 1.48. The van der Waals surface area contributed by atoms with Crippen LogP contribution in [0.15, 0.2) is 64.0 Å². The first-order valence-corrected chi connectivity index (χ1v) is 12.7. The van der Waals surface area contributed by atoms with Crippen molar-refractivity contribution in [3.05, 3.63) is 59.1 Å². The predicted octanol–water partition coefficient (Wildman–Crippen LogP) is 4.95. The van der Waals surface area contributed by atoms with Crippen LogP contribution in [0.25, 0.3) is 11.3 Å². The number of sulfonamides is 1. The van der Waals surface area contributed by atoms with Crippen LogP contribution >= 0.6 is 15.9 Å². The number of aromatic nitrogens is 2. The maximum atomic E-state index is 12.9. The molecule has 7 nitrogen and oxygen atoms in total. The molecule has 0 aliphatic carbocycles. The first kappa shape index (κ1) is 22.5. The van der Waals surface area contributed by atoms with Crippen LogP contribution in [0.2, 0.25) is 0 Å². The van der Waals surface area contributed by atoms with Gasteiger partial charge >= 0.3 is 0 Å². The Morgan fingerprint density at radius 2 is 1.75 bits per heavy atom. The number of hydrogen-bond donors (Lipinski definition) is 1. The van der Waals surface area contributed by atoms with E-state index < -0.39 is 10.0 Å². The first-order chi connectivity index (χ1) is 15.4. The number of rotatable bonds is 6. The topological polar surface area (TPSA) is 84.4 Å². The van der Waals surface area contributed by atoms with Crippen LogP contribution in [-0.4, -0.2) is 38.8 Å². The molecule has 1 fully saturated rings. The minimum atomic E-state index is -3.82. The molecule has 1 aliphatic heterocycles. The summed E-state index contributed by atoms with van der Waals surface area (Å²) in [5.74, 6) is 1.93. The number of benzene rings is 2. The molecule has 0 radical (unpaired) electrons. The summed E-state index contributed by atoms with van der Waals surface area (Å²) in [6.07, 6.45) is 2.35. The van der Waals surface area contributed by atoms with E-state index in [1.54, 1.807) is 24.3 Å². The Labute approximate surface area is 197 Å². The second-order valence-corrected chi connectivity index (χ2v) is 10.5. The number of halogens is 1. The van der Waals surface area contributed by atoms with E-state index in [0.717, 1.165) is 36.1 Å². The van der Waals surface area contributed by atoms with E-state index in [2.05, 4.69) is 42.7 Å². The summed E-state index contributed by atoms with van der Waals surface area (Å²) in [5, 5.41) is 8.77. The molecule has 168 valence electrons. The van der Waals surface area contributed by atoms with Gasteiger partial charge in [0.05, 0.1) is 12.8 Å². The summed E-state index contributed by atoms with van der Waals surface area (Å²) < 4.78 is 34.2. The van der Waals surface area contributed by atoms with Gasteiger partial charge in [0, 0.05) is 28.8 Å². The van der Waals surface area contributed by atoms with Crippen molar-refractivity contribution in [3.63, 3.8) is 0 Å². The molecule has 2 heterocycles. The minimum Gasteiger partial charge on any atom is -0.495 e. The normalized spacial score (nSPS) is 14.9. The van der Waals surface area contributed by atoms with Gasteiger partial charge in [0.15, 0.2) is 5.82 Å². The van der Waals surface area contributed by atoms with Crippen molar-refractivity contribution in [3.8, 4) is 17.0 Å². The Kier molecular flexibility index (Phi) is 6.66. The molecule has 1 saturated heterocycles. The molecule has 0 atom stereocenters. The van der Waals surface area contributed by atoms with Crippen LogP contribution in [0.4, 0.5) is 11.5 Å². The lowest BCUT2D eigenvalue weighted by Gasteiger charge is -2.30. The van der Waals surface area contributed by atoms with Crippen molar-refractivity contribution in [2.75, 3.05) is 29.8 Å². The van der Waals surface area contributed by atoms with Crippen molar-refractivity contribution in [1.29, 1.82) is 0 Å². The average molecular weight is 517 g/mol. The predicted molar refractivity (Wildman–Crippen MR) is 130 cm³/mol. The maximum absolute atomic E-state index is 12.9. The summed E-state index contributed by atoms with van der Waals surface area (Å²) in [4.78, 5) is 2.33. The number of nitrogens with zero attached hydrogens (tertiary/aromatic N) is 3. The molecule has 4 rings (SSSR count).